The predicted octanol–water partition coefficient (Wildman–Crippen LogP) is 1.47. The molecule has 2 rings (SSSR count). The third-order valence-electron chi connectivity index (χ3n) is 2.15. The lowest BCUT2D eigenvalue weighted by Crippen LogP contribution is -2.01. The molecule has 0 saturated heterocycles. The van der Waals surface area contributed by atoms with Crippen LogP contribution >= 0.6 is 0 Å². The summed E-state index contributed by atoms with van der Waals surface area (Å²) in [6, 6.07) is 5.03. The van der Waals surface area contributed by atoms with E-state index in [1.54, 1.807) is 0 Å². The van der Waals surface area contributed by atoms with Gasteiger partial charge in [0.25, 0.3) is 0 Å². The molecule has 1 aromatic heterocycles. The van der Waals surface area contributed by atoms with E-state index in [0.717, 1.165) is 12.3 Å². The molecule has 0 unspecified atom stereocenters. The minimum Gasteiger partial charge on any atom is -0.381 e. The van der Waals surface area contributed by atoms with E-state index in [1.165, 1.54) is 18.2 Å². The first-order valence-electron chi connectivity index (χ1n) is 4.61. The van der Waals surface area contributed by atoms with Gasteiger partial charge >= 0.3 is 0 Å². The molecule has 0 atom stereocenters. The molecule has 0 aliphatic heterocycles. The van der Waals surface area contributed by atoms with Crippen molar-refractivity contribution in [3.8, 4) is 11.3 Å². The maximum Gasteiger partial charge on any atom is 0.176 e. The first-order valence-corrected chi connectivity index (χ1v) is 6.50. The number of benzene rings is 1. The lowest BCUT2D eigenvalue weighted by atomic mass is 10.1. The van der Waals surface area contributed by atoms with Gasteiger partial charge in [-0.1, -0.05) is 11.2 Å². The van der Waals surface area contributed by atoms with Gasteiger partial charge in [-0.3, -0.25) is 0 Å². The molecule has 0 spiro atoms. The molecular formula is C10H9FN2O3S. The summed E-state index contributed by atoms with van der Waals surface area (Å²) < 4.78 is 41.5. The second kappa shape index (κ2) is 3.85. The van der Waals surface area contributed by atoms with E-state index >= 15 is 0 Å². The number of rotatable bonds is 2. The number of nitrogens with zero attached hydrogens (tertiary/aromatic N) is 1. The quantitative estimate of drug-likeness (QED) is 0.879. The maximum absolute atomic E-state index is 13.7. The summed E-state index contributed by atoms with van der Waals surface area (Å²) in [5, 5.41) is 3.40. The summed E-state index contributed by atoms with van der Waals surface area (Å²) in [5.41, 5.74) is 5.19. The number of aromatic nitrogens is 1. The van der Waals surface area contributed by atoms with E-state index in [-0.39, 0.29) is 22.0 Å². The van der Waals surface area contributed by atoms with E-state index in [2.05, 4.69) is 5.16 Å². The Balaban J connectivity index is 2.76. The Morgan fingerprint density at radius 3 is 2.65 bits per heavy atom. The molecule has 1 heterocycles. The molecule has 0 amide bonds. The lowest BCUT2D eigenvalue weighted by molar-refractivity contribution is 0.432. The third-order valence-corrected chi connectivity index (χ3v) is 3.29. The van der Waals surface area contributed by atoms with Gasteiger partial charge in [-0.15, -0.1) is 0 Å². The van der Waals surface area contributed by atoms with Crippen molar-refractivity contribution in [3.05, 3.63) is 30.1 Å². The molecule has 90 valence electrons. The van der Waals surface area contributed by atoms with Crippen LogP contribution in [0.3, 0.4) is 0 Å². The van der Waals surface area contributed by atoms with Crippen molar-refractivity contribution in [3.63, 3.8) is 0 Å². The molecule has 7 heteroatoms. The van der Waals surface area contributed by atoms with Crippen LogP contribution in [0.15, 0.2) is 33.7 Å². The molecule has 0 bridgehead atoms. The van der Waals surface area contributed by atoms with E-state index in [0.29, 0.717) is 0 Å². The van der Waals surface area contributed by atoms with Crippen LogP contribution in [0.4, 0.5) is 10.2 Å². The summed E-state index contributed by atoms with van der Waals surface area (Å²) in [4.78, 5) is -0.159. The third kappa shape index (κ3) is 2.14. The molecule has 0 radical (unpaired) electrons. The van der Waals surface area contributed by atoms with Gasteiger partial charge in [0.1, 0.15) is 5.82 Å². The van der Waals surface area contributed by atoms with Crippen molar-refractivity contribution in [1.82, 2.24) is 5.16 Å². The predicted molar refractivity (Wildman–Crippen MR) is 59.4 cm³/mol. The lowest BCUT2D eigenvalue weighted by Gasteiger charge is -2.05. The van der Waals surface area contributed by atoms with Crippen LogP contribution in [0.1, 0.15) is 0 Å². The van der Waals surface area contributed by atoms with Crippen molar-refractivity contribution < 1.29 is 17.3 Å². The molecule has 2 aromatic rings. The number of hydrogen-bond donors (Lipinski definition) is 1. The zero-order valence-corrected chi connectivity index (χ0v) is 9.66. The zero-order valence-electron chi connectivity index (χ0n) is 8.84. The number of anilines is 1. The highest BCUT2D eigenvalue weighted by Crippen LogP contribution is 2.30. The highest BCUT2D eigenvalue weighted by Gasteiger charge is 2.21. The number of hydrogen-bond acceptors (Lipinski definition) is 5. The summed E-state index contributed by atoms with van der Waals surface area (Å²) in [6.45, 7) is 0. The Bertz CT molecular complexity index is 664. The van der Waals surface area contributed by atoms with Crippen LogP contribution in [-0.4, -0.2) is 19.8 Å². The smallest absolute Gasteiger partial charge is 0.176 e. The number of nitrogen functional groups attached to an aromatic ring is 1. The average Bonchev–Trinajstić information content (AvgIpc) is 2.63. The van der Waals surface area contributed by atoms with E-state index in [4.69, 9.17) is 10.3 Å². The van der Waals surface area contributed by atoms with Crippen LogP contribution in [0.2, 0.25) is 0 Å². The fourth-order valence-corrected chi connectivity index (χ4v) is 2.35. The Morgan fingerprint density at radius 2 is 2.12 bits per heavy atom. The Kier molecular flexibility index (Phi) is 2.62. The fourth-order valence-electron chi connectivity index (χ4n) is 1.46. The summed E-state index contributed by atoms with van der Waals surface area (Å²) in [7, 11) is -3.56. The topological polar surface area (TPSA) is 86.2 Å². The summed E-state index contributed by atoms with van der Waals surface area (Å²) in [5.74, 6) is -0.659. The molecule has 0 fully saturated rings. The van der Waals surface area contributed by atoms with Crippen molar-refractivity contribution in [1.29, 1.82) is 0 Å². The highest BCUT2D eigenvalue weighted by molar-refractivity contribution is 7.90. The van der Waals surface area contributed by atoms with Crippen LogP contribution < -0.4 is 5.73 Å². The number of halogens is 1. The highest BCUT2D eigenvalue weighted by atomic mass is 32.2. The van der Waals surface area contributed by atoms with Crippen molar-refractivity contribution in [2.24, 2.45) is 0 Å². The molecular weight excluding hydrogens is 247 g/mol. The standard InChI is InChI=1S/C10H9FN2O3S/c1-17(14,15)8-4-2-3-6(11)10(8)7-5-9(12)13-16-7/h2-5H,1H3,(H2,12,13). The summed E-state index contributed by atoms with van der Waals surface area (Å²) >= 11 is 0. The molecule has 0 saturated carbocycles. The fraction of sp³-hybridized carbons (Fsp3) is 0.100. The largest absolute Gasteiger partial charge is 0.381 e. The Labute approximate surface area is 96.9 Å². The average molecular weight is 256 g/mol. The minimum atomic E-state index is -3.56. The second-order valence-electron chi connectivity index (χ2n) is 3.50. The van der Waals surface area contributed by atoms with Crippen LogP contribution in [-0.2, 0) is 9.84 Å². The monoisotopic (exact) mass is 256 g/mol. The van der Waals surface area contributed by atoms with Gasteiger partial charge in [-0.05, 0) is 12.1 Å². The van der Waals surface area contributed by atoms with Gasteiger partial charge in [0.2, 0.25) is 0 Å². The maximum atomic E-state index is 13.7. The number of sulfone groups is 1. The zero-order chi connectivity index (χ0) is 12.6. The van der Waals surface area contributed by atoms with Crippen molar-refractivity contribution >= 4 is 15.7 Å². The Morgan fingerprint density at radius 1 is 1.41 bits per heavy atom. The van der Waals surface area contributed by atoms with Gasteiger partial charge in [0, 0.05) is 12.3 Å². The molecule has 17 heavy (non-hydrogen) atoms. The van der Waals surface area contributed by atoms with Crippen LogP contribution in [0, 0.1) is 5.82 Å². The van der Waals surface area contributed by atoms with Gasteiger partial charge in [-0.2, -0.15) is 0 Å². The molecule has 0 aliphatic rings. The molecule has 1 aromatic carbocycles. The normalized spacial score (nSPS) is 11.6. The Hall–Kier alpha value is -1.89. The van der Waals surface area contributed by atoms with Gasteiger partial charge in [-0.25, -0.2) is 12.8 Å². The molecule has 2 N–H and O–H groups in total. The first-order chi connectivity index (χ1) is 7.89. The second-order valence-corrected chi connectivity index (χ2v) is 5.49. The first kappa shape index (κ1) is 11.6. The van der Waals surface area contributed by atoms with Gasteiger partial charge < -0.3 is 10.3 Å². The SMILES string of the molecule is CS(=O)(=O)c1cccc(F)c1-c1cc(N)no1. The summed E-state index contributed by atoms with van der Waals surface area (Å²) in [6.07, 6.45) is 0.991. The van der Waals surface area contributed by atoms with E-state index in [9.17, 15) is 12.8 Å². The van der Waals surface area contributed by atoms with E-state index in [1.807, 2.05) is 0 Å². The molecule has 0 aliphatic carbocycles. The van der Waals surface area contributed by atoms with Gasteiger partial charge in [0.05, 0.1) is 10.5 Å². The van der Waals surface area contributed by atoms with Gasteiger partial charge in [0.15, 0.2) is 21.4 Å². The van der Waals surface area contributed by atoms with E-state index < -0.39 is 15.7 Å². The van der Waals surface area contributed by atoms with Crippen LogP contribution in [0.25, 0.3) is 11.3 Å². The van der Waals surface area contributed by atoms with Crippen LogP contribution in [0.5, 0.6) is 0 Å². The number of nitrogens with two attached hydrogens (primary N) is 1. The van der Waals surface area contributed by atoms with Crippen molar-refractivity contribution in [2.75, 3.05) is 12.0 Å². The van der Waals surface area contributed by atoms with Crippen molar-refractivity contribution in [2.45, 2.75) is 4.90 Å². The minimum absolute atomic E-state index is 0.0129. The molecule has 5 nitrogen and oxygen atoms in total.